The van der Waals surface area contributed by atoms with Gasteiger partial charge < -0.3 is 23.8 Å². The van der Waals surface area contributed by atoms with Gasteiger partial charge in [-0.25, -0.2) is 0 Å². The molecule has 2 aromatic carbocycles. The molecule has 1 unspecified atom stereocenters. The SMILES string of the molecule is COc1ccc2ncc(Cl)c(OCC3[C@H]4CN(CCc5ccc6c(c5)OCCO6)C[C@@H]34)c2c1. The summed E-state index contributed by atoms with van der Waals surface area (Å²) in [5.41, 5.74) is 2.16. The highest BCUT2D eigenvalue weighted by Gasteiger charge is 2.55. The van der Waals surface area contributed by atoms with Crippen LogP contribution in [0, 0.1) is 17.8 Å². The lowest BCUT2D eigenvalue weighted by molar-refractivity contribution is 0.171. The van der Waals surface area contributed by atoms with Crippen LogP contribution in [-0.4, -0.2) is 56.4 Å². The molecular formula is C26H27ClN2O4. The van der Waals surface area contributed by atoms with Crippen molar-refractivity contribution < 1.29 is 18.9 Å². The van der Waals surface area contributed by atoms with Gasteiger partial charge in [0.25, 0.3) is 0 Å². The molecular weight excluding hydrogens is 440 g/mol. The number of methoxy groups -OCH3 is 1. The molecule has 1 saturated carbocycles. The Morgan fingerprint density at radius 2 is 1.88 bits per heavy atom. The van der Waals surface area contributed by atoms with E-state index in [4.69, 9.17) is 30.5 Å². The van der Waals surface area contributed by atoms with E-state index in [1.165, 1.54) is 5.56 Å². The van der Waals surface area contributed by atoms with Gasteiger partial charge in [-0.15, -0.1) is 0 Å². The smallest absolute Gasteiger partial charge is 0.161 e. The zero-order valence-corrected chi connectivity index (χ0v) is 19.4. The predicted octanol–water partition coefficient (Wildman–Crippen LogP) is 4.47. The molecule has 6 rings (SSSR count). The van der Waals surface area contributed by atoms with Crippen LogP contribution in [-0.2, 0) is 6.42 Å². The number of hydrogen-bond donors (Lipinski definition) is 0. The number of likely N-dealkylation sites (tertiary alicyclic amines) is 1. The minimum atomic E-state index is 0.544. The number of halogens is 1. The number of ether oxygens (including phenoxy) is 4. The second kappa shape index (κ2) is 8.58. The van der Waals surface area contributed by atoms with Crippen molar-refractivity contribution in [1.82, 2.24) is 9.88 Å². The third kappa shape index (κ3) is 4.06. The van der Waals surface area contributed by atoms with E-state index >= 15 is 0 Å². The number of rotatable bonds is 7. The van der Waals surface area contributed by atoms with Gasteiger partial charge in [-0.2, -0.15) is 0 Å². The van der Waals surface area contributed by atoms with E-state index in [0.29, 0.717) is 48.3 Å². The Kier molecular flexibility index (Phi) is 5.43. The molecule has 1 aliphatic carbocycles. The highest BCUT2D eigenvalue weighted by molar-refractivity contribution is 6.33. The first-order valence-corrected chi connectivity index (χ1v) is 11.9. The first kappa shape index (κ1) is 20.9. The zero-order valence-electron chi connectivity index (χ0n) is 18.6. The lowest BCUT2D eigenvalue weighted by atomic mass is 10.1. The highest BCUT2D eigenvalue weighted by atomic mass is 35.5. The lowest BCUT2D eigenvalue weighted by Gasteiger charge is -2.21. The Bertz CT molecular complexity index is 1170. The normalized spacial score (nSPS) is 23.4. The molecule has 0 amide bonds. The maximum Gasteiger partial charge on any atom is 0.161 e. The van der Waals surface area contributed by atoms with Crippen LogP contribution in [0.2, 0.25) is 5.02 Å². The number of benzene rings is 2. The fourth-order valence-corrected chi connectivity index (χ4v) is 5.48. The van der Waals surface area contributed by atoms with Crippen molar-refractivity contribution in [3.8, 4) is 23.0 Å². The number of pyridine rings is 1. The van der Waals surface area contributed by atoms with E-state index in [2.05, 4.69) is 22.0 Å². The van der Waals surface area contributed by atoms with E-state index in [0.717, 1.165) is 54.2 Å². The average molecular weight is 467 g/mol. The predicted molar refractivity (Wildman–Crippen MR) is 127 cm³/mol. The van der Waals surface area contributed by atoms with Gasteiger partial charge in [-0.05, 0) is 54.2 Å². The Morgan fingerprint density at radius 1 is 1.06 bits per heavy atom. The van der Waals surface area contributed by atoms with Crippen molar-refractivity contribution in [2.75, 3.05) is 46.6 Å². The van der Waals surface area contributed by atoms with Crippen molar-refractivity contribution in [3.05, 3.63) is 53.2 Å². The molecule has 172 valence electrons. The van der Waals surface area contributed by atoms with Crippen LogP contribution in [0.1, 0.15) is 5.56 Å². The second-order valence-electron chi connectivity index (χ2n) is 9.11. The van der Waals surface area contributed by atoms with Crippen LogP contribution < -0.4 is 18.9 Å². The van der Waals surface area contributed by atoms with E-state index in [1.807, 2.05) is 24.3 Å². The van der Waals surface area contributed by atoms with Crippen LogP contribution in [0.5, 0.6) is 23.0 Å². The summed E-state index contributed by atoms with van der Waals surface area (Å²) >= 11 is 6.44. The maximum atomic E-state index is 6.44. The Morgan fingerprint density at radius 3 is 2.70 bits per heavy atom. The molecule has 3 aromatic rings. The molecule has 2 aliphatic heterocycles. The first-order chi connectivity index (χ1) is 16.2. The molecule has 33 heavy (non-hydrogen) atoms. The van der Waals surface area contributed by atoms with Crippen molar-refractivity contribution in [2.45, 2.75) is 6.42 Å². The summed E-state index contributed by atoms with van der Waals surface area (Å²) in [5, 5.41) is 1.44. The molecule has 0 spiro atoms. The van der Waals surface area contributed by atoms with Gasteiger partial charge in [0.1, 0.15) is 29.7 Å². The number of fused-ring (bicyclic) bond motifs is 3. The molecule has 1 saturated heterocycles. The minimum Gasteiger partial charge on any atom is -0.497 e. The molecule has 1 aromatic heterocycles. The highest BCUT2D eigenvalue weighted by Crippen LogP contribution is 2.52. The summed E-state index contributed by atoms with van der Waals surface area (Å²) in [6.07, 6.45) is 2.69. The summed E-state index contributed by atoms with van der Waals surface area (Å²) < 4.78 is 23.0. The first-order valence-electron chi connectivity index (χ1n) is 11.6. The van der Waals surface area contributed by atoms with Crippen LogP contribution >= 0.6 is 11.6 Å². The Labute approximate surface area is 198 Å². The summed E-state index contributed by atoms with van der Waals surface area (Å²) in [5.74, 6) is 5.24. The molecule has 3 heterocycles. The molecule has 6 nitrogen and oxygen atoms in total. The van der Waals surface area contributed by atoms with Crippen LogP contribution in [0.25, 0.3) is 10.9 Å². The third-order valence-corrected chi connectivity index (χ3v) is 7.44. The number of hydrogen-bond acceptors (Lipinski definition) is 6. The summed E-state index contributed by atoms with van der Waals surface area (Å²) in [6.45, 7) is 5.31. The molecule has 0 bridgehead atoms. The Hall–Kier alpha value is -2.70. The lowest BCUT2D eigenvalue weighted by Crippen LogP contribution is -2.28. The number of aromatic nitrogens is 1. The van der Waals surface area contributed by atoms with Gasteiger partial charge in [0.2, 0.25) is 0 Å². The van der Waals surface area contributed by atoms with Gasteiger partial charge in [-0.1, -0.05) is 17.7 Å². The topological polar surface area (TPSA) is 53.1 Å². The molecule has 7 heteroatoms. The fourth-order valence-electron chi connectivity index (χ4n) is 5.27. The van der Waals surface area contributed by atoms with Gasteiger partial charge in [-0.3, -0.25) is 4.98 Å². The number of nitrogens with zero attached hydrogens (tertiary/aromatic N) is 2. The van der Waals surface area contributed by atoms with Gasteiger partial charge in [0.05, 0.1) is 19.2 Å². The minimum absolute atomic E-state index is 0.544. The molecule has 0 N–H and O–H groups in total. The summed E-state index contributed by atoms with van der Waals surface area (Å²) in [7, 11) is 1.66. The average Bonchev–Trinajstić information content (AvgIpc) is 3.30. The van der Waals surface area contributed by atoms with Crippen LogP contribution in [0.3, 0.4) is 0 Å². The second-order valence-corrected chi connectivity index (χ2v) is 9.52. The van der Waals surface area contributed by atoms with Crippen molar-refractivity contribution in [3.63, 3.8) is 0 Å². The fraction of sp³-hybridized carbons (Fsp3) is 0.423. The van der Waals surface area contributed by atoms with E-state index in [-0.39, 0.29) is 0 Å². The quantitative estimate of drug-likeness (QED) is 0.512. The van der Waals surface area contributed by atoms with Gasteiger partial charge in [0, 0.05) is 37.1 Å². The van der Waals surface area contributed by atoms with E-state index in [9.17, 15) is 0 Å². The summed E-state index contributed by atoms with van der Waals surface area (Å²) in [6, 6.07) is 12.1. The van der Waals surface area contributed by atoms with Crippen molar-refractivity contribution in [2.24, 2.45) is 17.8 Å². The largest absolute Gasteiger partial charge is 0.497 e. The zero-order chi connectivity index (χ0) is 22.4. The maximum absolute atomic E-state index is 6.44. The Balaban J connectivity index is 1.03. The number of piperidine rings is 1. The standard InChI is InChI=1S/C26H27ClN2O4/c1-30-17-3-4-23-18(11-17)26(22(27)12-28-23)33-15-21-19-13-29(14-20(19)21)7-6-16-2-5-24-25(10-16)32-9-8-31-24/h2-5,10-12,19-21H,6-9,13-15H2,1H3/t19-,20+,21?. The van der Waals surface area contributed by atoms with Crippen molar-refractivity contribution >= 4 is 22.5 Å². The van der Waals surface area contributed by atoms with E-state index in [1.54, 1.807) is 13.3 Å². The van der Waals surface area contributed by atoms with Gasteiger partial charge >= 0.3 is 0 Å². The molecule has 2 fully saturated rings. The molecule has 3 atom stereocenters. The van der Waals surface area contributed by atoms with Crippen molar-refractivity contribution in [1.29, 1.82) is 0 Å². The van der Waals surface area contributed by atoms with E-state index < -0.39 is 0 Å². The molecule has 0 radical (unpaired) electrons. The summed E-state index contributed by atoms with van der Waals surface area (Å²) in [4.78, 5) is 6.98. The third-order valence-electron chi connectivity index (χ3n) is 7.17. The van der Waals surface area contributed by atoms with Crippen LogP contribution in [0.4, 0.5) is 0 Å². The van der Waals surface area contributed by atoms with Gasteiger partial charge in [0.15, 0.2) is 11.5 Å². The van der Waals surface area contributed by atoms with Crippen LogP contribution in [0.15, 0.2) is 42.6 Å². The monoisotopic (exact) mass is 466 g/mol. The molecule has 3 aliphatic rings.